The number of nitrogens with one attached hydrogen (secondary N) is 2. The highest BCUT2D eigenvalue weighted by atomic mass is 35.5. The number of rotatable bonds is 17. The molecule has 4 aliphatic rings. The lowest BCUT2D eigenvalue weighted by atomic mass is 9.97. The highest BCUT2D eigenvalue weighted by molar-refractivity contribution is 6.31. The third-order valence-electron chi connectivity index (χ3n) is 17.9. The summed E-state index contributed by atoms with van der Waals surface area (Å²) in [6.07, 6.45) is 5.93. The lowest BCUT2D eigenvalue weighted by Crippen LogP contribution is -2.62. The normalized spacial score (nSPS) is 14.8. The number of amides is 4. The Morgan fingerprint density at radius 1 is 0.474 bits per heavy atom. The fourth-order valence-electron chi connectivity index (χ4n) is 12.2. The minimum absolute atomic E-state index is 0.0147. The van der Waals surface area contributed by atoms with E-state index in [0.29, 0.717) is 39.3 Å². The standard InChI is InChI=1S/C22H20ClFN4O4.C17H19N3O5.C15H15N3O5.C13H12N2O5.C7H7ClFN.C4H9NO/c1-22(32)11-27(12-22)18(29)10-28-19-14(3-2-6-25-19)8-15(21(28)31)20(30)26-9-13-4-5-16(23)17(24)7-13;1-3-25-16(23)12-7-11-5-4-6-18-14(11)20(15(12)22)8-13(21)19-9-17(2,24)10-19;1-15(23)7-17(8-15)11(19)6-18-12-9(3-2-4-16-12)5-10(13(18)20)14(21)22;1-2-20-13(19)9-6-8-4-3-5-14-11(8)15(12(9)18)7-10(16)17;8-6-2-1-5(4-10)3-7(6)9;1-4(6)2-5-3-4/h2-8,32H,9-12H2,1H3,(H,26,30);4-7,24H,3,8-10H2,1-2H3;2-5,23H,6-8H2,1H3,(H,21,22);3-6H,2,7H2,1H3,(H,16,17);1-3H,4,10H2;5-6H,2-3H2,1H3. The molecule has 14 rings (SSSR count). The number of hydrogen-bond donors (Lipinski definition) is 9. The molecule has 4 saturated heterocycles. The lowest BCUT2D eigenvalue weighted by Gasteiger charge is -2.44. The SMILES string of the molecule is CC1(O)CN(C(=O)Cn2c(=O)c(C(=O)NCc3ccc(Cl)c(F)c3)cc3cccnc32)C1.CC1(O)CN(C(=O)Cn2c(=O)c(C(=O)O)cc3cccnc32)C1.CC1(O)CNC1.CCOC(=O)c1cc2cccnc2n(CC(=O)N2CC(C)(O)C2)c1=O.CCOC(=O)c1cc2cccnc2n(CC(=O)O)c1=O.NCc1ccc(Cl)c(F)c1. The molecule has 0 bridgehead atoms. The summed E-state index contributed by atoms with van der Waals surface area (Å²) in [6.45, 7) is 11.8. The number of nitrogens with zero attached hydrogens (tertiary/aromatic N) is 11. The van der Waals surface area contributed by atoms with Gasteiger partial charge in [-0.3, -0.25) is 61.4 Å². The molecule has 116 heavy (non-hydrogen) atoms. The topological polar surface area (TPSA) is 476 Å². The molecule has 12 heterocycles. The maximum absolute atomic E-state index is 13.6. The van der Waals surface area contributed by atoms with Crippen molar-refractivity contribution < 1.29 is 87.3 Å². The summed E-state index contributed by atoms with van der Waals surface area (Å²) >= 11 is 11.1. The van der Waals surface area contributed by atoms with E-state index in [2.05, 4.69) is 30.6 Å². The van der Waals surface area contributed by atoms with Crippen LogP contribution in [-0.4, -0.2) is 219 Å². The van der Waals surface area contributed by atoms with Gasteiger partial charge in [-0.2, -0.15) is 0 Å². The zero-order valence-corrected chi connectivity index (χ0v) is 64.9. The van der Waals surface area contributed by atoms with Crippen LogP contribution in [0.3, 0.4) is 0 Å². The van der Waals surface area contributed by atoms with Crippen LogP contribution >= 0.6 is 23.2 Å². The van der Waals surface area contributed by atoms with Crippen LogP contribution in [0.4, 0.5) is 8.78 Å². The lowest BCUT2D eigenvalue weighted by molar-refractivity contribution is -0.153. The van der Waals surface area contributed by atoms with Gasteiger partial charge in [0.05, 0.1) is 84.9 Å². The Morgan fingerprint density at radius 2 is 0.784 bits per heavy atom. The van der Waals surface area contributed by atoms with Gasteiger partial charge in [0.2, 0.25) is 17.7 Å². The Morgan fingerprint density at radius 3 is 1.09 bits per heavy atom. The number of carbonyl (C=O) groups is 8. The van der Waals surface area contributed by atoms with Crippen LogP contribution in [0.5, 0.6) is 0 Å². The third kappa shape index (κ3) is 22.0. The number of fused-ring (bicyclic) bond motifs is 4. The van der Waals surface area contributed by atoms with Gasteiger partial charge in [0.1, 0.15) is 82.7 Å². The van der Waals surface area contributed by atoms with Gasteiger partial charge in [-0.15, -0.1) is 0 Å². The molecule has 10 N–H and O–H groups in total. The number of carboxylic acid groups (broad SMARTS) is 2. The monoisotopic (exact) mass is 1640 g/mol. The van der Waals surface area contributed by atoms with Crippen LogP contribution in [0.25, 0.3) is 44.1 Å². The van der Waals surface area contributed by atoms with Gasteiger partial charge in [-0.1, -0.05) is 35.3 Å². The summed E-state index contributed by atoms with van der Waals surface area (Å²) in [5.41, 5.74) is 0.716. The van der Waals surface area contributed by atoms with Gasteiger partial charge in [0.25, 0.3) is 28.1 Å². The van der Waals surface area contributed by atoms with E-state index in [1.165, 1.54) is 92.6 Å². The van der Waals surface area contributed by atoms with Crippen LogP contribution in [0.1, 0.15) is 94.1 Å². The van der Waals surface area contributed by atoms with Crippen molar-refractivity contribution in [1.29, 1.82) is 0 Å². The molecule has 0 spiro atoms. The van der Waals surface area contributed by atoms with E-state index in [-0.39, 0.29) is 146 Å². The molecule has 8 aromatic heterocycles. The second-order valence-electron chi connectivity index (χ2n) is 28.3. The average Bonchev–Trinajstić information content (AvgIpc) is 0.785. The number of β-amino-alcohol motifs (C(OH)–C–C–N with tert-alkyl or cyclic N) is 4. The number of hydrogen-bond acceptors (Lipinski definition) is 24. The number of aromatic nitrogens is 8. The number of aliphatic carboxylic acids is 1. The number of halogens is 4. The van der Waals surface area contributed by atoms with Crippen molar-refractivity contribution >= 4 is 115 Å². The number of aliphatic hydroxyl groups is 4. The molecule has 0 aliphatic carbocycles. The number of benzene rings is 2. The van der Waals surface area contributed by atoms with E-state index in [1.807, 2.05) is 6.92 Å². The molecule has 2 aromatic carbocycles. The number of carbonyl (C=O) groups excluding carboxylic acids is 6. The summed E-state index contributed by atoms with van der Waals surface area (Å²) < 4.78 is 40.3. The van der Waals surface area contributed by atoms with Gasteiger partial charge in [0.15, 0.2) is 0 Å². The number of likely N-dealkylation sites (tertiary alicyclic amines) is 3. The molecular weight excluding hydrogens is 1560 g/mol. The number of esters is 2. The van der Waals surface area contributed by atoms with Crippen molar-refractivity contribution in [2.75, 3.05) is 65.6 Å². The molecule has 0 radical (unpaired) electrons. The van der Waals surface area contributed by atoms with Crippen molar-refractivity contribution in [3.63, 3.8) is 0 Å². The van der Waals surface area contributed by atoms with Gasteiger partial charge in [0, 0.05) is 72.5 Å². The summed E-state index contributed by atoms with van der Waals surface area (Å²) in [4.78, 5) is 167. The predicted octanol–water partition coefficient (Wildman–Crippen LogP) is 3.50. The second-order valence-corrected chi connectivity index (χ2v) is 29.1. The maximum atomic E-state index is 13.6. The quantitative estimate of drug-likeness (QED) is 0.0589. The predicted molar refractivity (Wildman–Crippen MR) is 418 cm³/mol. The fraction of sp³-hybridized carbons (Fsp3) is 0.333. The minimum Gasteiger partial charge on any atom is -0.480 e. The zero-order valence-electron chi connectivity index (χ0n) is 63.4. The first kappa shape index (κ1) is 87.8. The van der Waals surface area contributed by atoms with Crippen LogP contribution < -0.4 is 38.6 Å². The molecule has 4 aliphatic heterocycles. The van der Waals surface area contributed by atoms with Crippen molar-refractivity contribution in [1.82, 2.24) is 63.5 Å². The molecule has 34 nitrogen and oxygen atoms in total. The van der Waals surface area contributed by atoms with Crippen LogP contribution in [-0.2, 0) is 67.9 Å². The van der Waals surface area contributed by atoms with Gasteiger partial charge >= 0.3 is 23.9 Å². The van der Waals surface area contributed by atoms with Crippen molar-refractivity contribution in [2.45, 2.75) is 103 Å². The molecule has 0 saturated carbocycles. The average molecular weight is 1640 g/mol. The molecule has 612 valence electrons. The van der Waals surface area contributed by atoms with Crippen LogP contribution in [0, 0.1) is 11.6 Å². The number of aromatic carboxylic acids is 1. The largest absolute Gasteiger partial charge is 0.480 e. The number of ether oxygens (including phenoxy) is 2. The summed E-state index contributed by atoms with van der Waals surface area (Å²) in [6, 6.07) is 27.4. The van der Waals surface area contributed by atoms with Crippen molar-refractivity contribution in [3.05, 3.63) is 230 Å². The smallest absolute Gasteiger partial charge is 0.343 e. The van der Waals surface area contributed by atoms with Gasteiger partial charge in [-0.25, -0.2) is 43.1 Å². The molecular formula is C78H82Cl2F2N14O20. The minimum atomic E-state index is -1.35. The third-order valence-corrected chi connectivity index (χ3v) is 18.6. The first-order chi connectivity index (χ1) is 54.7. The Hall–Kier alpha value is -12.2. The van der Waals surface area contributed by atoms with E-state index in [9.17, 15) is 81.6 Å². The van der Waals surface area contributed by atoms with E-state index < -0.39 is 92.6 Å². The molecule has 38 heteroatoms. The zero-order chi connectivity index (χ0) is 84.9. The van der Waals surface area contributed by atoms with Gasteiger partial charge < -0.3 is 71.2 Å². The molecule has 0 atom stereocenters. The van der Waals surface area contributed by atoms with E-state index in [1.54, 1.807) is 95.3 Å². The number of nitrogens with two attached hydrogens (primary N) is 1. The number of pyridine rings is 8. The first-order valence-electron chi connectivity index (χ1n) is 35.8. The van der Waals surface area contributed by atoms with Gasteiger partial charge in [-0.05, 0) is 150 Å². The van der Waals surface area contributed by atoms with E-state index in [0.717, 1.165) is 32.4 Å². The van der Waals surface area contributed by atoms with Crippen LogP contribution in [0.15, 0.2) is 153 Å². The van der Waals surface area contributed by atoms with E-state index >= 15 is 0 Å². The van der Waals surface area contributed by atoms with Crippen molar-refractivity contribution in [2.24, 2.45) is 5.73 Å². The summed E-state index contributed by atoms with van der Waals surface area (Å²) in [5, 5.41) is 63.9. The summed E-state index contributed by atoms with van der Waals surface area (Å²) in [5.74, 6) is -6.79. The fourth-order valence-corrected chi connectivity index (χ4v) is 12.5. The van der Waals surface area contributed by atoms with Crippen molar-refractivity contribution in [3.8, 4) is 0 Å². The highest BCUT2D eigenvalue weighted by Crippen LogP contribution is 2.25. The molecule has 4 fully saturated rings. The Bertz CT molecular complexity index is 5690. The Kier molecular flexibility index (Phi) is 28.3. The highest BCUT2D eigenvalue weighted by Gasteiger charge is 2.42. The Labute approximate surface area is 667 Å². The van der Waals surface area contributed by atoms with E-state index in [4.69, 9.17) is 53.7 Å². The Balaban J connectivity index is 0.000000167. The summed E-state index contributed by atoms with van der Waals surface area (Å²) in [7, 11) is 0. The molecule has 10 aromatic rings. The molecule has 0 unspecified atom stereocenters. The number of carboxylic acids is 2. The second kappa shape index (κ2) is 37.4. The first-order valence-corrected chi connectivity index (χ1v) is 36.5. The molecule has 4 amide bonds. The maximum Gasteiger partial charge on any atom is 0.343 e. The van der Waals surface area contributed by atoms with Crippen LogP contribution in [0.2, 0.25) is 10.0 Å².